The van der Waals surface area contributed by atoms with Crippen molar-refractivity contribution in [2.75, 3.05) is 20.1 Å². The lowest BCUT2D eigenvalue weighted by Gasteiger charge is -2.32. The van der Waals surface area contributed by atoms with E-state index < -0.39 is 28.5 Å². The molecule has 0 saturated heterocycles. The van der Waals surface area contributed by atoms with Gasteiger partial charge in [0, 0.05) is 26.6 Å². The summed E-state index contributed by atoms with van der Waals surface area (Å²) >= 11 is 0. The Bertz CT molecular complexity index is 1530. The summed E-state index contributed by atoms with van der Waals surface area (Å²) in [6.45, 7) is 1.99. The van der Waals surface area contributed by atoms with E-state index in [9.17, 15) is 18.0 Å². The van der Waals surface area contributed by atoms with Gasteiger partial charge in [-0.2, -0.15) is 4.31 Å². The molecule has 0 heterocycles. The molecule has 202 valence electrons. The molecule has 0 aromatic heterocycles. The van der Waals surface area contributed by atoms with Crippen LogP contribution < -0.4 is 5.32 Å². The summed E-state index contributed by atoms with van der Waals surface area (Å²) in [6.07, 6.45) is 0.298. The highest BCUT2D eigenvalue weighted by atomic mass is 32.2. The largest absolute Gasteiger partial charge is 0.355 e. The van der Waals surface area contributed by atoms with Gasteiger partial charge in [0.1, 0.15) is 6.04 Å². The third-order valence-electron chi connectivity index (χ3n) is 6.60. The van der Waals surface area contributed by atoms with Crippen LogP contribution >= 0.6 is 0 Å². The minimum absolute atomic E-state index is 0.107. The fraction of sp³-hybridized carbons (Fsp3) is 0.226. The molecule has 4 aromatic carbocycles. The summed E-state index contributed by atoms with van der Waals surface area (Å²) < 4.78 is 28.0. The summed E-state index contributed by atoms with van der Waals surface area (Å²) in [5.74, 6) is -0.747. The molecule has 0 bridgehead atoms. The van der Waals surface area contributed by atoms with E-state index in [0.717, 1.165) is 26.2 Å². The minimum Gasteiger partial charge on any atom is -0.355 e. The molecule has 0 radical (unpaired) electrons. The zero-order chi connectivity index (χ0) is 27.8. The van der Waals surface area contributed by atoms with Crippen molar-refractivity contribution in [2.24, 2.45) is 0 Å². The fourth-order valence-electron chi connectivity index (χ4n) is 4.50. The molecule has 1 atom stereocenters. The number of amides is 2. The molecule has 4 aromatic rings. The Kier molecular flexibility index (Phi) is 9.11. The minimum atomic E-state index is -3.96. The number of hydrogen-bond acceptors (Lipinski definition) is 4. The maximum Gasteiger partial charge on any atom is 0.243 e. The van der Waals surface area contributed by atoms with Crippen LogP contribution in [0.3, 0.4) is 0 Å². The van der Waals surface area contributed by atoms with Gasteiger partial charge < -0.3 is 10.2 Å². The summed E-state index contributed by atoms with van der Waals surface area (Å²) in [6, 6.07) is 30.5. The predicted molar refractivity (Wildman–Crippen MR) is 153 cm³/mol. The lowest BCUT2D eigenvalue weighted by Crippen LogP contribution is -2.53. The van der Waals surface area contributed by atoms with Gasteiger partial charge in [0.15, 0.2) is 0 Å². The molecule has 2 amide bonds. The van der Waals surface area contributed by atoms with Gasteiger partial charge in [-0.3, -0.25) is 9.59 Å². The van der Waals surface area contributed by atoms with E-state index in [1.807, 2.05) is 91.9 Å². The number of hydrogen-bond donors (Lipinski definition) is 1. The Balaban J connectivity index is 1.64. The highest BCUT2D eigenvalue weighted by Crippen LogP contribution is 2.22. The first-order valence-electron chi connectivity index (χ1n) is 12.9. The van der Waals surface area contributed by atoms with Gasteiger partial charge in [-0.25, -0.2) is 8.42 Å². The van der Waals surface area contributed by atoms with Crippen LogP contribution in [0.1, 0.15) is 18.1 Å². The topological polar surface area (TPSA) is 86.8 Å². The molecule has 0 unspecified atom stereocenters. The van der Waals surface area contributed by atoms with Crippen LogP contribution in [0.4, 0.5) is 0 Å². The number of carbonyl (C=O) groups is 2. The van der Waals surface area contributed by atoms with Gasteiger partial charge in [0.25, 0.3) is 0 Å². The average molecular weight is 544 g/mol. The molecule has 0 spiro atoms. The number of likely N-dealkylation sites (N-methyl/N-ethyl adjacent to an activating group) is 2. The first-order valence-corrected chi connectivity index (χ1v) is 14.3. The SMILES string of the molecule is CCNC(=O)[C@H](Cc1ccccc1)N(Cc1ccccc1)C(=O)CN(C)S(=O)(=O)c1ccc2ccccc2c1. The van der Waals surface area contributed by atoms with Crippen molar-refractivity contribution in [1.82, 2.24) is 14.5 Å². The standard InChI is InChI=1S/C31H33N3O4S/c1-3-32-31(36)29(20-24-12-6-4-7-13-24)34(22-25-14-8-5-9-15-25)30(35)23-33(2)39(37,38)28-19-18-26-16-10-11-17-27(26)21-28/h4-19,21,29H,3,20,22-23H2,1-2H3,(H,32,36)/t29-/m0/s1. The normalized spacial score (nSPS) is 12.3. The highest BCUT2D eigenvalue weighted by molar-refractivity contribution is 7.89. The molecule has 7 nitrogen and oxygen atoms in total. The molecule has 39 heavy (non-hydrogen) atoms. The van der Waals surface area contributed by atoms with Gasteiger partial charge in [-0.15, -0.1) is 0 Å². The first-order chi connectivity index (χ1) is 18.8. The van der Waals surface area contributed by atoms with Crippen molar-refractivity contribution in [3.63, 3.8) is 0 Å². The van der Waals surface area contributed by atoms with Gasteiger partial charge in [0.05, 0.1) is 11.4 Å². The maximum absolute atomic E-state index is 13.8. The molecular weight excluding hydrogens is 510 g/mol. The maximum atomic E-state index is 13.8. The van der Waals surface area contributed by atoms with Crippen molar-refractivity contribution in [1.29, 1.82) is 0 Å². The van der Waals surface area contributed by atoms with E-state index >= 15 is 0 Å². The Morgan fingerprint density at radius 1 is 0.795 bits per heavy atom. The summed E-state index contributed by atoms with van der Waals surface area (Å²) in [4.78, 5) is 28.7. The third kappa shape index (κ3) is 6.90. The van der Waals surface area contributed by atoms with Crippen LogP contribution in [-0.4, -0.2) is 55.6 Å². The smallest absolute Gasteiger partial charge is 0.243 e. The van der Waals surface area contributed by atoms with Crippen molar-refractivity contribution in [3.05, 3.63) is 114 Å². The lowest BCUT2D eigenvalue weighted by atomic mass is 10.0. The highest BCUT2D eigenvalue weighted by Gasteiger charge is 2.32. The van der Waals surface area contributed by atoms with Gasteiger partial charge in [-0.1, -0.05) is 91.0 Å². The number of carbonyl (C=O) groups excluding carboxylic acids is 2. The van der Waals surface area contributed by atoms with Crippen LogP contribution in [0.15, 0.2) is 108 Å². The monoisotopic (exact) mass is 543 g/mol. The number of nitrogens with zero attached hydrogens (tertiary/aromatic N) is 2. The van der Waals surface area contributed by atoms with Crippen LogP contribution in [0.2, 0.25) is 0 Å². The van der Waals surface area contributed by atoms with E-state index in [1.54, 1.807) is 18.2 Å². The quantitative estimate of drug-likeness (QED) is 0.307. The zero-order valence-corrected chi connectivity index (χ0v) is 23.0. The summed E-state index contributed by atoms with van der Waals surface area (Å²) in [7, 11) is -2.57. The summed E-state index contributed by atoms with van der Waals surface area (Å²) in [5.41, 5.74) is 1.74. The van der Waals surface area contributed by atoms with Crippen LogP contribution in [0.25, 0.3) is 10.8 Å². The average Bonchev–Trinajstić information content (AvgIpc) is 2.95. The van der Waals surface area contributed by atoms with Crippen molar-refractivity contribution in [2.45, 2.75) is 30.8 Å². The number of rotatable bonds is 11. The second-order valence-corrected chi connectivity index (χ2v) is 11.4. The fourth-order valence-corrected chi connectivity index (χ4v) is 5.66. The Morgan fingerprint density at radius 3 is 2.03 bits per heavy atom. The molecule has 0 aliphatic carbocycles. The van der Waals surface area contributed by atoms with E-state index in [0.29, 0.717) is 13.0 Å². The van der Waals surface area contributed by atoms with Gasteiger partial charge in [0.2, 0.25) is 21.8 Å². The van der Waals surface area contributed by atoms with Crippen LogP contribution in [-0.2, 0) is 32.6 Å². The van der Waals surface area contributed by atoms with Crippen molar-refractivity contribution in [3.8, 4) is 0 Å². The van der Waals surface area contributed by atoms with Crippen LogP contribution in [0.5, 0.6) is 0 Å². The molecule has 8 heteroatoms. The van der Waals surface area contributed by atoms with E-state index in [4.69, 9.17) is 0 Å². The van der Waals surface area contributed by atoms with E-state index in [-0.39, 0.29) is 17.3 Å². The number of benzene rings is 4. The van der Waals surface area contributed by atoms with Crippen molar-refractivity contribution >= 4 is 32.6 Å². The second kappa shape index (κ2) is 12.7. The molecular formula is C31H33N3O4S. The molecule has 1 N–H and O–H groups in total. The van der Waals surface area contributed by atoms with Crippen LogP contribution in [0, 0.1) is 0 Å². The Hall–Kier alpha value is -4.01. The molecule has 4 rings (SSSR count). The zero-order valence-electron chi connectivity index (χ0n) is 22.2. The van der Waals surface area contributed by atoms with Gasteiger partial charge in [-0.05, 0) is 41.0 Å². The number of nitrogens with one attached hydrogen (secondary N) is 1. The first kappa shape index (κ1) is 28.0. The molecule has 0 saturated carbocycles. The lowest BCUT2D eigenvalue weighted by molar-refractivity contribution is -0.141. The van der Waals surface area contributed by atoms with Gasteiger partial charge >= 0.3 is 0 Å². The third-order valence-corrected chi connectivity index (χ3v) is 8.40. The predicted octanol–water partition coefficient (Wildman–Crippen LogP) is 4.24. The summed E-state index contributed by atoms with van der Waals surface area (Å²) in [5, 5.41) is 4.57. The van der Waals surface area contributed by atoms with E-state index in [1.165, 1.54) is 11.9 Å². The Labute approximate surface area is 230 Å². The number of sulfonamides is 1. The second-order valence-electron chi connectivity index (χ2n) is 9.38. The van der Waals surface area contributed by atoms with E-state index in [2.05, 4.69) is 5.32 Å². The molecule has 0 fully saturated rings. The molecule has 0 aliphatic heterocycles. The number of fused-ring (bicyclic) bond motifs is 1. The van der Waals surface area contributed by atoms with Crippen molar-refractivity contribution < 1.29 is 18.0 Å². The Morgan fingerprint density at radius 2 is 1.38 bits per heavy atom. The molecule has 0 aliphatic rings.